The van der Waals surface area contributed by atoms with Crippen molar-refractivity contribution in [3.05, 3.63) is 88.7 Å². The van der Waals surface area contributed by atoms with Crippen LogP contribution in [0, 0.1) is 11.8 Å². The molecule has 22 heteroatoms. The second-order valence-electron chi connectivity index (χ2n) is 17.3. The molecule has 1 aliphatic heterocycles. The number of aliphatic hydroxyl groups is 6. The highest BCUT2D eigenvalue weighted by atomic mass is 16.5. The van der Waals surface area contributed by atoms with Gasteiger partial charge >= 0.3 is 0 Å². The number of primary amides is 1. The van der Waals surface area contributed by atoms with Gasteiger partial charge in [0, 0.05) is 31.5 Å². The molecule has 22 nitrogen and oxygen atoms in total. The molecule has 0 spiro atoms. The molecule has 2 aromatic heterocycles. The van der Waals surface area contributed by atoms with Gasteiger partial charge < -0.3 is 66.9 Å². The van der Waals surface area contributed by atoms with E-state index in [2.05, 4.69) is 20.3 Å². The number of hydrogen-bond acceptors (Lipinski definition) is 19. The summed E-state index contributed by atoms with van der Waals surface area (Å²) in [6, 6.07) is 8.53. The van der Waals surface area contributed by atoms with Gasteiger partial charge in [-0.05, 0) is 63.2 Å². The van der Waals surface area contributed by atoms with Crippen LogP contribution in [0.3, 0.4) is 0 Å². The van der Waals surface area contributed by atoms with Crippen LogP contribution >= 0.6 is 0 Å². The Balaban J connectivity index is 0.000000197. The first-order valence-corrected chi connectivity index (χ1v) is 20.8. The highest BCUT2D eigenvalue weighted by molar-refractivity contribution is 6.24. The van der Waals surface area contributed by atoms with Crippen LogP contribution in [-0.2, 0) is 35.9 Å². The summed E-state index contributed by atoms with van der Waals surface area (Å²) in [5, 5.41) is 78.5. The predicted molar refractivity (Wildman–Crippen MR) is 233 cm³/mol. The zero-order chi connectivity index (χ0) is 48.3. The van der Waals surface area contributed by atoms with E-state index < -0.39 is 118 Å². The molecular formula is C44H53N9O13. The summed E-state index contributed by atoms with van der Waals surface area (Å²) >= 11 is 0. The molecule has 3 aliphatic carbocycles. The lowest BCUT2D eigenvalue weighted by atomic mass is 9.54. The number of rotatable bonds is 10. The molecule has 10 atom stereocenters. The standard InChI is InChI=1S/C22H29N7O5.C22H24N2O8/c1-28(2)19-17-20(25-10-24-19)29(11-26-17)22-18(31)16(15(9-30)34-22)27-21(32)14(23)8-12-4-6-13(33-3)7-5-12;1-21(31)8-5-4-6-11(25)12(8)16(26)13-9(21)7-10-15(24(2)3)17(27)14(20(23)30)19(29)22(10,32)18(13)28/h4-7,10-11,14-16,18,22,30-31H,8-9,23H2,1-3H3,(H,27,32);4-6,9-10,15,25-26,29,31-32H,7H2,1-3H3,(H2,23,30)/t14-,15+,16+,18+,22+;9-,10-,15-,21+,22-/m00/s1. The second-order valence-corrected chi connectivity index (χ2v) is 17.3. The number of benzene rings is 2. The van der Waals surface area contributed by atoms with Crippen molar-refractivity contribution in [3.63, 3.8) is 0 Å². The van der Waals surface area contributed by atoms with Crippen molar-refractivity contribution in [3.8, 4) is 11.5 Å². The van der Waals surface area contributed by atoms with Crippen LogP contribution in [0.4, 0.5) is 5.82 Å². The van der Waals surface area contributed by atoms with E-state index in [-0.39, 0.29) is 17.5 Å². The zero-order valence-electron chi connectivity index (χ0n) is 36.9. The number of fused-ring (bicyclic) bond motifs is 4. The van der Waals surface area contributed by atoms with Crippen molar-refractivity contribution in [1.29, 1.82) is 0 Å². The minimum atomic E-state index is -2.75. The van der Waals surface area contributed by atoms with Crippen LogP contribution in [0.25, 0.3) is 16.9 Å². The number of carbonyl (C=O) groups excluding carboxylic acids is 4. The number of carbonyl (C=O) groups is 4. The monoisotopic (exact) mass is 915 g/mol. The first kappa shape index (κ1) is 47.4. The van der Waals surface area contributed by atoms with E-state index in [0.29, 0.717) is 29.2 Å². The van der Waals surface area contributed by atoms with Crippen molar-refractivity contribution < 1.29 is 64.4 Å². The van der Waals surface area contributed by atoms with Gasteiger partial charge in [0.05, 0.1) is 49.3 Å². The van der Waals surface area contributed by atoms with E-state index in [4.69, 9.17) is 20.9 Å². The van der Waals surface area contributed by atoms with E-state index in [1.807, 2.05) is 26.2 Å². The van der Waals surface area contributed by atoms with E-state index in [1.54, 1.807) is 28.7 Å². The molecule has 8 rings (SSSR count). The average molecular weight is 916 g/mol. The molecule has 1 saturated carbocycles. The summed E-state index contributed by atoms with van der Waals surface area (Å²) in [4.78, 5) is 67.5. The van der Waals surface area contributed by atoms with Gasteiger partial charge in [-0.25, -0.2) is 15.0 Å². The summed E-state index contributed by atoms with van der Waals surface area (Å²) in [7, 11) is 8.26. The second kappa shape index (κ2) is 17.7. The van der Waals surface area contributed by atoms with Crippen molar-refractivity contribution in [2.24, 2.45) is 23.3 Å². The molecule has 2 fully saturated rings. The van der Waals surface area contributed by atoms with Gasteiger partial charge in [0.1, 0.15) is 47.1 Å². The number of imidazole rings is 1. The van der Waals surface area contributed by atoms with E-state index in [9.17, 15) is 54.9 Å². The topological polar surface area (TPSA) is 342 Å². The molecule has 4 aromatic rings. The Morgan fingerprint density at radius 3 is 2.33 bits per heavy atom. The lowest BCUT2D eigenvalue weighted by Gasteiger charge is -2.53. The average Bonchev–Trinajstić information content (AvgIpc) is 3.83. The minimum Gasteiger partial charge on any atom is -0.508 e. The summed E-state index contributed by atoms with van der Waals surface area (Å²) in [6.07, 6.45) is 0.0496. The Morgan fingerprint density at radius 2 is 1.73 bits per heavy atom. The maximum atomic E-state index is 13.7. The Hall–Kier alpha value is -6.53. The number of phenolic OH excluding ortho intramolecular Hbond substituents is 1. The quantitative estimate of drug-likeness (QED) is 0.0839. The number of anilines is 1. The molecule has 66 heavy (non-hydrogen) atoms. The van der Waals surface area contributed by atoms with Crippen LogP contribution in [0.2, 0.25) is 0 Å². The smallest absolute Gasteiger partial charge is 0.255 e. The fourth-order valence-electron chi connectivity index (χ4n) is 9.54. The highest BCUT2D eigenvalue weighted by Crippen LogP contribution is 2.57. The van der Waals surface area contributed by atoms with E-state index in [1.165, 1.54) is 56.8 Å². The lowest BCUT2D eigenvalue weighted by Crippen LogP contribution is -2.67. The van der Waals surface area contributed by atoms with Gasteiger partial charge in [-0.2, -0.15) is 0 Å². The number of Topliss-reactive ketones (excluding diaryl/α,β-unsaturated/α-hetero) is 2. The van der Waals surface area contributed by atoms with Crippen molar-refractivity contribution >= 4 is 46.1 Å². The number of nitrogens with one attached hydrogen (secondary N) is 1. The minimum absolute atomic E-state index is 0.170. The third-order valence-electron chi connectivity index (χ3n) is 12.9. The molecule has 0 radical (unpaired) electrons. The summed E-state index contributed by atoms with van der Waals surface area (Å²) in [5.41, 5.74) is 7.43. The predicted octanol–water partition coefficient (Wildman–Crippen LogP) is -1.16. The van der Waals surface area contributed by atoms with Gasteiger partial charge in [-0.3, -0.25) is 28.6 Å². The third kappa shape index (κ3) is 7.68. The Kier molecular flexibility index (Phi) is 12.7. The normalized spacial score (nSPS) is 28.6. The van der Waals surface area contributed by atoms with Gasteiger partial charge in [0.25, 0.3) is 5.91 Å². The number of nitrogens with two attached hydrogens (primary N) is 2. The number of likely N-dealkylation sites (N-methyl/N-ethyl adjacent to an activating group) is 1. The molecule has 1 saturated heterocycles. The number of ether oxygens (including phenoxy) is 2. The van der Waals surface area contributed by atoms with Crippen LogP contribution in [0.5, 0.6) is 11.5 Å². The summed E-state index contributed by atoms with van der Waals surface area (Å²) < 4.78 is 12.6. The molecule has 12 N–H and O–H groups in total. The Bertz CT molecular complexity index is 2650. The Labute approximate surface area is 377 Å². The van der Waals surface area contributed by atoms with E-state index in [0.717, 1.165) is 5.56 Å². The number of amides is 2. The summed E-state index contributed by atoms with van der Waals surface area (Å²) in [6.45, 7) is 0.997. The first-order valence-electron chi connectivity index (χ1n) is 20.8. The number of aromatic hydroxyl groups is 1. The fraction of sp³-hybridized carbons (Fsp3) is 0.432. The molecule has 0 bridgehead atoms. The number of ketones is 2. The van der Waals surface area contributed by atoms with Crippen molar-refractivity contribution in [2.45, 2.75) is 67.5 Å². The maximum Gasteiger partial charge on any atom is 0.255 e. The zero-order valence-corrected chi connectivity index (χ0v) is 36.9. The SMILES string of the molecule is CN(C)[C@@H]1C(=O)C(C(N)=O)=C(O)[C@@]2(O)C(=O)C3=C(O)c4c(O)cccc4[C@@](C)(O)[C@H]3C[C@@H]12.COc1ccc(C[C@H](N)C(=O)N[C@H]2[C@@H](O)[C@H](n3cnc4c(N(C)C)ncnc43)O[C@@H]2CO)cc1. The van der Waals surface area contributed by atoms with E-state index >= 15 is 0 Å². The van der Waals surface area contributed by atoms with Crippen LogP contribution in [0.15, 0.2) is 72.0 Å². The molecule has 2 aromatic carbocycles. The van der Waals surface area contributed by atoms with Crippen molar-refractivity contribution in [2.75, 3.05) is 46.8 Å². The van der Waals surface area contributed by atoms with Crippen LogP contribution in [0.1, 0.15) is 36.3 Å². The molecule has 0 unspecified atom stereocenters. The number of phenols is 1. The number of nitrogens with zero attached hydrogens (tertiary/aromatic N) is 6. The number of aliphatic hydroxyl groups excluding tert-OH is 4. The molecule has 3 heterocycles. The van der Waals surface area contributed by atoms with Gasteiger partial charge in [-0.15, -0.1) is 0 Å². The van der Waals surface area contributed by atoms with Crippen LogP contribution in [-0.4, -0.2) is 161 Å². The van der Waals surface area contributed by atoms with Gasteiger partial charge in [0.15, 0.2) is 34.6 Å². The van der Waals surface area contributed by atoms with Gasteiger partial charge in [-0.1, -0.05) is 24.3 Å². The number of aromatic nitrogens is 4. The first-order chi connectivity index (χ1) is 31.1. The molecule has 352 valence electrons. The van der Waals surface area contributed by atoms with Crippen LogP contribution < -0.4 is 26.4 Å². The largest absolute Gasteiger partial charge is 0.508 e. The Morgan fingerprint density at radius 1 is 1.05 bits per heavy atom. The third-order valence-corrected chi connectivity index (χ3v) is 12.9. The number of hydrogen-bond donors (Lipinski definition) is 10. The highest BCUT2D eigenvalue weighted by Gasteiger charge is 2.66. The number of methoxy groups -OCH3 is 1. The molecule has 2 amide bonds. The summed E-state index contributed by atoms with van der Waals surface area (Å²) in [5.74, 6) is -7.04. The molecular weight excluding hydrogens is 863 g/mol. The van der Waals surface area contributed by atoms with Crippen molar-refractivity contribution in [1.82, 2.24) is 29.7 Å². The lowest BCUT2D eigenvalue weighted by molar-refractivity contribution is -0.159. The maximum absolute atomic E-state index is 13.7. The van der Waals surface area contributed by atoms with Gasteiger partial charge in [0.2, 0.25) is 11.7 Å². The fourth-order valence-corrected chi connectivity index (χ4v) is 9.54. The molecule has 4 aliphatic rings.